The summed E-state index contributed by atoms with van der Waals surface area (Å²) in [5, 5.41) is 4.71. The van der Waals surface area contributed by atoms with Crippen LogP contribution in [-0.2, 0) is 5.41 Å². The minimum Gasteiger partial charge on any atom is -0.334 e. The highest BCUT2D eigenvalue weighted by Crippen LogP contribution is 2.27. The van der Waals surface area contributed by atoms with Gasteiger partial charge in [0.2, 0.25) is 4.80 Å². The SMILES string of the molecule is C[NH+]1CCN(n2c(-c3ccc(C(C)(C)C)cc3)csc2=Nc2ccccc2)CC1. The Morgan fingerprint density at radius 2 is 1.59 bits per heavy atom. The zero-order valence-corrected chi connectivity index (χ0v) is 18.7. The molecule has 5 heteroatoms. The average Bonchev–Trinajstić information content (AvgIpc) is 3.12. The normalized spacial score (nSPS) is 16.4. The van der Waals surface area contributed by atoms with Crippen molar-refractivity contribution in [2.24, 2.45) is 4.99 Å². The van der Waals surface area contributed by atoms with Gasteiger partial charge >= 0.3 is 0 Å². The fraction of sp³-hybridized carbons (Fsp3) is 0.375. The molecular weight excluding hydrogens is 376 g/mol. The summed E-state index contributed by atoms with van der Waals surface area (Å²) < 4.78 is 2.34. The first kappa shape index (κ1) is 19.9. The third kappa shape index (κ3) is 4.46. The van der Waals surface area contributed by atoms with Gasteiger partial charge in [0.15, 0.2) is 0 Å². The number of benzene rings is 2. The zero-order chi connectivity index (χ0) is 20.4. The second-order valence-electron chi connectivity index (χ2n) is 8.90. The largest absolute Gasteiger partial charge is 0.334 e. The first-order valence-corrected chi connectivity index (χ1v) is 11.3. The Morgan fingerprint density at radius 1 is 0.931 bits per heavy atom. The summed E-state index contributed by atoms with van der Waals surface area (Å²) in [5.41, 5.74) is 5.00. The first-order chi connectivity index (χ1) is 13.9. The van der Waals surface area contributed by atoms with Gasteiger partial charge < -0.3 is 4.90 Å². The lowest BCUT2D eigenvalue weighted by Crippen LogP contribution is -3.12. The Morgan fingerprint density at radius 3 is 2.21 bits per heavy atom. The van der Waals surface area contributed by atoms with Gasteiger partial charge in [0, 0.05) is 10.9 Å². The van der Waals surface area contributed by atoms with E-state index in [0.29, 0.717) is 0 Å². The third-order valence-electron chi connectivity index (χ3n) is 5.59. The van der Waals surface area contributed by atoms with Crippen LogP contribution in [0.1, 0.15) is 26.3 Å². The van der Waals surface area contributed by atoms with Crippen molar-refractivity contribution in [2.75, 3.05) is 38.2 Å². The summed E-state index contributed by atoms with van der Waals surface area (Å²) >= 11 is 1.72. The summed E-state index contributed by atoms with van der Waals surface area (Å²) in [6.07, 6.45) is 0. The maximum absolute atomic E-state index is 4.97. The Labute approximate surface area is 177 Å². The van der Waals surface area contributed by atoms with Gasteiger partial charge in [-0.05, 0) is 23.1 Å². The number of hydrogen-bond donors (Lipinski definition) is 1. The number of rotatable bonds is 3. The number of aromatic nitrogens is 1. The number of para-hydroxylation sites is 1. The van der Waals surface area contributed by atoms with Gasteiger partial charge in [-0.3, -0.25) is 5.01 Å². The van der Waals surface area contributed by atoms with Crippen LogP contribution in [0, 0.1) is 0 Å². The van der Waals surface area contributed by atoms with E-state index in [0.717, 1.165) is 36.7 Å². The smallest absolute Gasteiger partial charge is 0.209 e. The third-order valence-corrected chi connectivity index (χ3v) is 6.41. The van der Waals surface area contributed by atoms with Crippen LogP contribution >= 0.6 is 11.3 Å². The number of quaternary nitrogens is 1. The molecule has 1 aliphatic rings. The Balaban J connectivity index is 1.79. The molecule has 152 valence electrons. The van der Waals surface area contributed by atoms with Crippen LogP contribution in [0.25, 0.3) is 11.3 Å². The highest BCUT2D eigenvalue weighted by molar-refractivity contribution is 7.07. The second-order valence-corrected chi connectivity index (χ2v) is 9.74. The molecule has 3 aromatic rings. The van der Waals surface area contributed by atoms with Crippen molar-refractivity contribution in [2.45, 2.75) is 26.2 Å². The Kier molecular flexibility index (Phi) is 5.61. The first-order valence-electron chi connectivity index (χ1n) is 10.4. The van der Waals surface area contributed by atoms with Crippen LogP contribution in [0.4, 0.5) is 5.69 Å². The van der Waals surface area contributed by atoms with E-state index >= 15 is 0 Å². The van der Waals surface area contributed by atoms with Crippen molar-refractivity contribution in [3.05, 3.63) is 70.3 Å². The molecule has 1 fully saturated rings. The predicted molar refractivity (Wildman–Crippen MR) is 123 cm³/mol. The molecule has 1 saturated heterocycles. The van der Waals surface area contributed by atoms with Crippen molar-refractivity contribution in [3.63, 3.8) is 0 Å². The lowest BCUT2D eigenvalue weighted by atomic mass is 9.86. The molecule has 4 nitrogen and oxygen atoms in total. The highest BCUT2D eigenvalue weighted by Gasteiger charge is 2.21. The van der Waals surface area contributed by atoms with E-state index in [1.807, 2.05) is 18.2 Å². The topological polar surface area (TPSA) is 25.0 Å². The molecule has 0 atom stereocenters. The van der Waals surface area contributed by atoms with Gasteiger partial charge in [0.1, 0.15) is 0 Å². The fourth-order valence-electron chi connectivity index (χ4n) is 3.68. The van der Waals surface area contributed by atoms with E-state index in [1.165, 1.54) is 16.8 Å². The maximum Gasteiger partial charge on any atom is 0.209 e. The quantitative estimate of drug-likeness (QED) is 0.709. The van der Waals surface area contributed by atoms with E-state index in [4.69, 9.17) is 4.99 Å². The summed E-state index contributed by atoms with van der Waals surface area (Å²) in [7, 11) is 2.27. The summed E-state index contributed by atoms with van der Waals surface area (Å²) in [6.45, 7) is 11.2. The maximum atomic E-state index is 4.97. The fourth-order valence-corrected chi connectivity index (χ4v) is 4.60. The number of nitrogens with one attached hydrogen (secondary N) is 1. The summed E-state index contributed by atoms with van der Waals surface area (Å²) in [6, 6.07) is 19.3. The van der Waals surface area contributed by atoms with Gasteiger partial charge in [-0.15, -0.1) is 11.3 Å². The van der Waals surface area contributed by atoms with E-state index in [9.17, 15) is 0 Å². The standard InChI is InChI=1S/C24H30N4S/c1-24(2,3)20-12-10-19(11-13-20)22-18-29-23(25-21-8-6-5-7-9-21)28(22)27-16-14-26(4)15-17-27/h5-13,18H,14-17H2,1-4H3/p+1. The van der Waals surface area contributed by atoms with Crippen molar-refractivity contribution >= 4 is 17.0 Å². The van der Waals surface area contributed by atoms with Gasteiger partial charge in [-0.25, -0.2) is 9.67 Å². The number of nitrogens with zero attached hydrogens (tertiary/aromatic N) is 3. The second kappa shape index (κ2) is 8.17. The summed E-state index contributed by atoms with van der Waals surface area (Å²) in [5.74, 6) is 0. The number of likely N-dealkylation sites (N-methyl/N-ethyl adjacent to an activating group) is 1. The van der Waals surface area contributed by atoms with Crippen LogP contribution in [0.15, 0.2) is 65.0 Å². The molecule has 0 radical (unpaired) electrons. The number of piperazine rings is 1. The van der Waals surface area contributed by atoms with Crippen molar-refractivity contribution in [3.8, 4) is 11.3 Å². The zero-order valence-electron chi connectivity index (χ0n) is 17.9. The van der Waals surface area contributed by atoms with Crippen molar-refractivity contribution < 1.29 is 4.90 Å². The molecule has 0 amide bonds. The number of hydrogen-bond acceptors (Lipinski definition) is 3. The van der Waals surface area contributed by atoms with Gasteiger partial charge in [-0.2, -0.15) is 0 Å². The van der Waals surface area contributed by atoms with E-state index in [2.05, 4.69) is 79.3 Å². The Hall–Kier alpha value is -2.37. The predicted octanol–water partition coefficient (Wildman–Crippen LogP) is 3.21. The molecule has 0 bridgehead atoms. The van der Waals surface area contributed by atoms with E-state index in [1.54, 1.807) is 16.2 Å². The molecule has 0 aliphatic carbocycles. The molecule has 2 aromatic carbocycles. The minimum absolute atomic E-state index is 0.164. The molecule has 0 unspecified atom stereocenters. The lowest BCUT2D eigenvalue weighted by molar-refractivity contribution is -0.880. The van der Waals surface area contributed by atoms with E-state index in [-0.39, 0.29) is 5.41 Å². The molecule has 4 rings (SSSR count). The lowest BCUT2D eigenvalue weighted by Gasteiger charge is -2.33. The monoisotopic (exact) mass is 407 g/mol. The molecular formula is C24H31N4S+. The van der Waals surface area contributed by atoms with Crippen LogP contribution < -0.4 is 14.7 Å². The van der Waals surface area contributed by atoms with Crippen molar-refractivity contribution in [1.29, 1.82) is 0 Å². The van der Waals surface area contributed by atoms with Crippen LogP contribution in [0.5, 0.6) is 0 Å². The Bertz CT molecular complexity index is 1000. The molecule has 29 heavy (non-hydrogen) atoms. The van der Waals surface area contributed by atoms with Crippen molar-refractivity contribution in [1.82, 2.24) is 4.68 Å². The minimum atomic E-state index is 0.164. The number of thiazole rings is 1. The molecule has 0 spiro atoms. The van der Waals surface area contributed by atoms with E-state index < -0.39 is 0 Å². The molecule has 2 heterocycles. The highest BCUT2D eigenvalue weighted by atomic mass is 32.1. The molecule has 1 N–H and O–H groups in total. The average molecular weight is 408 g/mol. The molecule has 1 aromatic heterocycles. The van der Waals surface area contributed by atoms with Crippen LogP contribution in [0.3, 0.4) is 0 Å². The van der Waals surface area contributed by atoms with Gasteiger partial charge in [-0.1, -0.05) is 63.2 Å². The van der Waals surface area contributed by atoms with Crippen LogP contribution in [-0.4, -0.2) is 37.9 Å². The molecule has 0 saturated carbocycles. The molecule has 1 aliphatic heterocycles. The van der Waals surface area contributed by atoms with Crippen LogP contribution in [0.2, 0.25) is 0 Å². The summed E-state index contributed by atoms with van der Waals surface area (Å²) in [4.78, 5) is 7.60. The van der Waals surface area contributed by atoms with Gasteiger partial charge in [0.25, 0.3) is 0 Å². The van der Waals surface area contributed by atoms with Gasteiger partial charge in [0.05, 0.1) is 44.6 Å².